The largest absolute Gasteiger partial charge is 0.495 e. The van der Waals surface area contributed by atoms with Crippen LogP contribution in [0.4, 0.5) is 11.4 Å². The van der Waals surface area contributed by atoms with Crippen molar-refractivity contribution in [2.75, 3.05) is 29.5 Å². The zero-order valence-electron chi connectivity index (χ0n) is 20.1. The Morgan fingerprint density at radius 3 is 2.31 bits per heavy atom. The van der Waals surface area contributed by atoms with E-state index in [0.717, 1.165) is 21.7 Å². The number of sulfonamides is 1. The first kappa shape index (κ1) is 25.8. The summed E-state index contributed by atoms with van der Waals surface area (Å²) in [6.07, 6.45) is 1.02. The van der Waals surface area contributed by atoms with Crippen LogP contribution in [0.2, 0.25) is 0 Å². The molecule has 0 saturated carbocycles. The number of methoxy groups -OCH3 is 1. The fraction of sp³-hybridized carbons (Fsp3) is 0.231. The van der Waals surface area contributed by atoms with Gasteiger partial charge in [-0.2, -0.15) is 0 Å². The first-order chi connectivity index (χ1) is 16.6. The summed E-state index contributed by atoms with van der Waals surface area (Å²) in [4.78, 5) is 25.9. The number of rotatable bonds is 9. The molecule has 0 aliphatic carbocycles. The van der Waals surface area contributed by atoms with Crippen LogP contribution in [0.1, 0.15) is 34.5 Å². The molecule has 0 saturated heterocycles. The molecule has 184 valence electrons. The summed E-state index contributed by atoms with van der Waals surface area (Å²) >= 11 is 0. The Kier molecular flexibility index (Phi) is 8.14. The van der Waals surface area contributed by atoms with E-state index in [9.17, 15) is 18.0 Å². The van der Waals surface area contributed by atoms with Crippen LogP contribution in [-0.4, -0.2) is 40.1 Å². The second-order valence-corrected chi connectivity index (χ2v) is 10.1. The molecule has 0 fully saturated rings. The Morgan fingerprint density at radius 1 is 1.00 bits per heavy atom. The smallest absolute Gasteiger partial charge is 0.253 e. The minimum atomic E-state index is -3.81. The highest BCUT2D eigenvalue weighted by atomic mass is 32.2. The minimum absolute atomic E-state index is 0.248. The van der Waals surface area contributed by atoms with Gasteiger partial charge >= 0.3 is 0 Å². The molecule has 0 spiro atoms. The number of aryl methyl sites for hydroxylation is 1. The van der Waals surface area contributed by atoms with Crippen LogP contribution in [-0.2, 0) is 14.8 Å². The lowest BCUT2D eigenvalue weighted by molar-refractivity contribution is -0.114. The van der Waals surface area contributed by atoms with E-state index in [1.165, 1.54) is 7.11 Å². The van der Waals surface area contributed by atoms with Gasteiger partial charge in [-0.15, -0.1) is 0 Å². The van der Waals surface area contributed by atoms with Gasteiger partial charge in [0.25, 0.3) is 5.91 Å². The Labute approximate surface area is 206 Å². The average molecular weight is 496 g/mol. The fourth-order valence-corrected chi connectivity index (χ4v) is 4.44. The fourth-order valence-electron chi connectivity index (χ4n) is 3.59. The van der Waals surface area contributed by atoms with E-state index in [2.05, 4.69) is 10.6 Å². The zero-order chi connectivity index (χ0) is 25.6. The monoisotopic (exact) mass is 495 g/mol. The maximum Gasteiger partial charge on any atom is 0.253 e. The van der Waals surface area contributed by atoms with E-state index < -0.39 is 22.5 Å². The lowest BCUT2D eigenvalue weighted by atomic mass is 10.1. The molecule has 3 rings (SSSR count). The van der Waals surface area contributed by atoms with Gasteiger partial charge in [0.2, 0.25) is 15.9 Å². The average Bonchev–Trinajstić information content (AvgIpc) is 2.82. The SMILES string of the molecule is COc1ccc(C)cc1N(CC(=O)Nc1ccccc1C(=O)N[C@H](C)c1ccccc1)S(C)(=O)=O. The highest BCUT2D eigenvalue weighted by Gasteiger charge is 2.25. The quantitative estimate of drug-likeness (QED) is 0.469. The number of para-hydroxylation sites is 1. The van der Waals surface area contributed by atoms with Crippen molar-refractivity contribution in [3.8, 4) is 5.75 Å². The highest BCUT2D eigenvalue weighted by molar-refractivity contribution is 7.92. The molecular weight excluding hydrogens is 466 g/mol. The molecular formula is C26H29N3O5S. The molecule has 0 aliphatic rings. The van der Waals surface area contributed by atoms with Gasteiger partial charge in [0.15, 0.2) is 0 Å². The molecule has 9 heteroatoms. The number of ether oxygens (including phenoxy) is 1. The van der Waals surface area contributed by atoms with Crippen molar-refractivity contribution in [2.24, 2.45) is 0 Å². The topological polar surface area (TPSA) is 105 Å². The molecule has 3 aromatic carbocycles. The van der Waals surface area contributed by atoms with Crippen molar-refractivity contribution in [2.45, 2.75) is 19.9 Å². The molecule has 0 unspecified atom stereocenters. The third-order valence-electron chi connectivity index (χ3n) is 5.38. The molecule has 0 aromatic heterocycles. The van der Waals surface area contributed by atoms with Crippen LogP contribution in [0.25, 0.3) is 0 Å². The van der Waals surface area contributed by atoms with E-state index in [1.54, 1.807) is 42.5 Å². The predicted octanol–water partition coefficient (Wildman–Crippen LogP) is 3.90. The predicted molar refractivity (Wildman–Crippen MR) is 137 cm³/mol. The summed E-state index contributed by atoms with van der Waals surface area (Å²) in [7, 11) is -2.38. The van der Waals surface area contributed by atoms with Gasteiger partial charge in [-0.3, -0.25) is 13.9 Å². The lowest BCUT2D eigenvalue weighted by Crippen LogP contribution is -2.38. The van der Waals surface area contributed by atoms with Crippen LogP contribution < -0.4 is 19.7 Å². The van der Waals surface area contributed by atoms with Crippen molar-refractivity contribution in [3.63, 3.8) is 0 Å². The Balaban J connectivity index is 1.81. The zero-order valence-corrected chi connectivity index (χ0v) is 20.9. The van der Waals surface area contributed by atoms with Crippen molar-refractivity contribution in [3.05, 3.63) is 89.5 Å². The number of nitrogens with zero attached hydrogens (tertiary/aromatic N) is 1. The second kappa shape index (κ2) is 11.1. The van der Waals surface area contributed by atoms with E-state index in [4.69, 9.17) is 4.74 Å². The number of carbonyl (C=O) groups is 2. The van der Waals surface area contributed by atoms with Gasteiger partial charge in [0.1, 0.15) is 12.3 Å². The summed E-state index contributed by atoms with van der Waals surface area (Å²) in [5.74, 6) is -0.642. The Bertz CT molecular complexity index is 1310. The number of hydrogen-bond donors (Lipinski definition) is 2. The molecule has 2 N–H and O–H groups in total. The van der Waals surface area contributed by atoms with Gasteiger partial charge in [-0.1, -0.05) is 48.5 Å². The summed E-state index contributed by atoms with van der Waals surface area (Å²) in [5.41, 5.74) is 2.55. The van der Waals surface area contributed by atoms with Crippen LogP contribution in [0.5, 0.6) is 5.75 Å². The van der Waals surface area contributed by atoms with E-state index in [-0.39, 0.29) is 28.9 Å². The Hall–Kier alpha value is -3.85. The van der Waals surface area contributed by atoms with Gasteiger partial charge < -0.3 is 15.4 Å². The molecule has 1 atom stereocenters. The van der Waals surface area contributed by atoms with Crippen molar-refractivity contribution >= 4 is 33.2 Å². The third-order valence-corrected chi connectivity index (χ3v) is 6.51. The normalized spacial score (nSPS) is 11.9. The number of hydrogen-bond acceptors (Lipinski definition) is 5. The van der Waals surface area contributed by atoms with Crippen LogP contribution in [0.15, 0.2) is 72.8 Å². The van der Waals surface area contributed by atoms with Crippen molar-refractivity contribution in [1.82, 2.24) is 5.32 Å². The molecule has 2 amide bonds. The van der Waals surface area contributed by atoms with E-state index in [0.29, 0.717) is 5.75 Å². The van der Waals surface area contributed by atoms with Crippen molar-refractivity contribution < 1.29 is 22.7 Å². The molecule has 3 aromatic rings. The highest BCUT2D eigenvalue weighted by Crippen LogP contribution is 2.31. The molecule has 0 bridgehead atoms. The molecule has 0 aliphatic heterocycles. The van der Waals surface area contributed by atoms with Crippen LogP contribution >= 0.6 is 0 Å². The first-order valence-corrected chi connectivity index (χ1v) is 12.8. The summed E-state index contributed by atoms with van der Waals surface area (Å²) in [6.45, 7) is 3.19. The van der Waals surface area contributed by atoms with Crippen molar-refractivity contribution in [1.29, 1.82) is 0 Å². The van der Waals surface area contributed by atoms with Crippen LogP contribution in [0, 0.1) is 6.92 Å². The minimum Gasteiger partial charge on any atom is -0.495 e. The van der Waals surface area contributed by atoms with Gasteiger partial charge in [-0.05, 0) is 49.2 Å². The van der Waals surface area contributed by atoms with Crippen LogP contribution in [0.3, 0.4) is 0 Å². The van der Waals surface area contributed by atoms with E-state index >= 15 is 0 Å². The lowest BCUT2D eigenvalue weighted by Gasteiger charge is -2.24. The summed E-state index contributed by atoms with van der Waals surface area (Å²) in [6, 6.07) is 20.9. The summed E-state index contributed by atoms with van der Waals surface area (Å²) < 4.78 is 31.4. The number of anilines is 2. The van der Waals surface area contributed by atoms with Gasteiger partial charge in [0.05, 0.1) is 36.3 Å². The summed E-state index contributed by atoms with van der Waals surface area (Å²) in [5, 5.41) is 5.61. The van der Waals surface area contributed by atoms with Gasteiger partial charge in [-0.25, -0.2) is 8.42 Å². The molecule has 35 heavy (non-hydrogen) atoms. The third kappa shape index (κ3) is 6.60. The molecule has 0 heterocycles. The van der Waals surface area contributed by atoms with E-state index in [1.807, 2.05) is 44.2 Å². The molecule has 8 nitrogen and oxygen atoms in total. The number of nitrogens with one attached hydrogen (secondary N) is 2. The number of amides is 2. The standard InChI is InChI=1S/C26H29N3O5S/c1-18-14-15-24(34-3)23(16-18)29(35(4,32)33)17-25(30)28-22-13-9-8-12-21(22)26(31)27-19(2)20-10-6-5-7-11-20/h5-16,19H,17H2,1-4H3,(H,27,31)(H,28,30)/t19-/m1/s1. The maximum absolute atomic E-state index is 13.0. The second-order valence-electron chi connectivity index (χ2n) is 8.14. The number of benzene rings is 3. The Morgan fingerprint density at radius 2 is 1.66 bits per heavy atom. The van der Waals surface area contributed by atoms with Gasteiger partial charge in [0, 0.05) is 0 Å². The molecule has 0 radical (unpaired) electrons. The first-order valence-electron chi connectivity index (χ1n) is 11.0. The maximum atomic E-state index is 13.0. The number of carbonyl (C=O) groups excluding carboxylic acids is 2.